The van der Waals surface area contributed by atoms with E-state index in [4.69, 9.17) is 19.6 Å². The standard InChI is InChI=1S/C49H65N9O7/c1-11-41(59)56-22-19-32(27-56)46(61)54(8)43(29(3)4)45(60)51-38-24-33-25-40(55(9)52-33)31-17-18-39-35(23-31)36(44(57(39)12-2)34-15-13-20-50-42(34)30(5)64-10)26-49(6,7)28-65-48(63)37-16-14-21-58(53-37)47(38)62/h11,13,15,17-18,20,23,25,29-30,32,37-38,43,53H,1,12,14,16,19,21-22,24,26-28H2,2-10H3,(H,51,60)/t30-,32-,37-,38-,43?/m0/s1. The summed E-state index contributed by atoms with van der Waals surface area (Å²) in [5, 5.41) is 10.4. The number of amides is 4. The first kappa shape index (κ1) is 47.1. The smallest absolute Gasteiger partial charge is 0.324 e. The molecule has 3 aliphatic heterocycles. The number of esters is 1. The van der Waals surface area contributed by atoms with E-state index < -0.39 is 47.2 Å². The van der Waals surface area contributed by atoms with Gasteiger partial charge in [-0.05, 0) is 87.4 Å². The van der Waals surface area contributed by atoms with Crippen LogP contribution in [-0.2, 0) is 59.9 Å². The number of pyridine rings is 1. The summed E-state index contributed by atoms with van der Waals surface area (Å²) in [5.41, 5.74) is 9.90. The molecule has 6 heterocycles. The van der Waals surface area contributed by atoms with Gasteiger partial charge in [-0.1, -0.05) is 40.3 Å². The van der Waals surface area contributed by atoms with E-state index in [0.29, 0.717) is 51.0 Å². The summed E-state index contributed by atoms with van der Waals surface area (Å²) < 4.78 is 16.0. The molecule has 2 fully saturated rings. The number of cyclic esters (lactones) is 1. The van der Waals surface area contributed by atoms with Crippen molar-refractivity contribution in [2.24, 2.45) is 24.3 Å². The molecule has 16 heteroatoms. The van der Waals surface area contributed by atoms with E-state index in [1.807, 2.05) is 40.0 Å². The molecule has 4 aromatic rings. The minimum atomic E-state index is -1.11. The highest BCUT2D eigenvalue weighted by Crippen LogP contribution is 2.42. The van der Waals surface area contributed by atoms with Crippen molar-refractivity contribution < 1.29 is 33.4 Å². The number of hydrogen-bond acceptors (Lipinski definition) is 10. The number of carbonyl (C=O) groups excluding carboxylic acids is 5. The average molecular weight is 892 g/mol. The topological polar surface area (TPSA) is 173 Å². The van der Waals surface area contributed by atoms with Crippen LogP contribution in [0.15, 0.2) is 55.3 Å². The zero-order valence-corrected chi connectivity index (χ0v) is 39.3. The van der Waals surface area contributed by atoms with E-state index in [-0.39, 0.29) is 43.4 Å². The van der Waals surface area contributed by atoms with Crippen molar-refractivity contribution in [2.45, 2.75) is 104 Å². The van der Waals surface area contributed by atoms with E-state index in [1.54, 1.807) is 29.9 Å². The predicted molar refractivity (Wildman–Crippen MR) is 247 cm³/mol. The molecule has 7 rings (SSSR count). The number of fused-ring (bicyclic) bond motifs is 6. The Bertz CT molecular complexity index is 2470. The molecule has 0 radical (unpaired) electrons. The third kappa shape index (κ3) is 9.60. The predicted octanol–water partition coefficient (Wildman–Crippen LogP) is 5.00. The Morgan fingerprint density at radius 3 is 2.60 bits per heavy atom. The highest BCUT2D eigenvalue weighted by Gasteiger charge is 2.40. The van der Waals surface area contributed by atoms with Crippen molar-refractivity contribution in [3.05, 3.63) is 72.2 Å². The Hall–Kier alpha value is -5.87. The number of ether oxygens (including phenoxy) is 2. The summed E-state index contributed by atoms with van der Waals surface area (Å²) in [6, 6.07) is 9.56. The van der Waals surface area contributed by atoms with Gasteiger partial charge in [0.25, 0.3) is 5.91 Å². The lowest BCUT2D eigenvalue weighted by atomic mass is 9.84. The number of methoxy groups -OCH3 is 1. The molecule has 0 spiro atoms. The fourth-order valence-electron chi connectivity index (χ4n) is 9.86. The Labute approximate surface area is 381 Å². The molecule has 3 aromatic heterocycles. The largest absolute Gasteiger partial charge is 0.464 e. The zero-order valence-electron chi connectivity index (χ0n) is 39.3. The number of hydrogen-bond donors (Lipinski definition) is 2. The second-order valence-electron chi connectivity index (χ2n) is 18.9. The highest BCUT2D eigenvalue weighted by atomic mass is 16.5. The number of nitrogens with one attached hydrogen (secondary N) is 2. The summed E-state index contributed by atoms with van der Waals surface area (Å²) in [4.78, 5) is 77.1. The number of likely N-dealkylation sites (N-methyl/N-ethyl adjacent to an activating group) is 1. The number of hydrazine groups is 1. The van der Waals surface area contributed by atoms with Gasteiger partial charge in [0.05, 0.1) is 41.4 Å². The third-order valence-electron chi connectivity index (χ3n) is 13.3. The van der Waals surface area contributed by atoms with E-state index in [2.05, 4.69) is 66.9 Å². The van der Waals surface area contributed by atoms with Gasteiger partial charge in [-0.15, -0.1) is 0 Å². The van der Waals surface area contributed by atoms with Crippen LogP contribution in [0.3, 0.4) is 0 Å². The third-order valence-corrected chi connectivity index (χ3v) is 13.3. The van der Waals surface area contributed by atoms with Crippen molar-refractivity contribution in [1.29, 1.82) is 0 Å². The molecule has 348 valence electrons. The molecule has 4 amide bonds. The molecule has 6 bridgehead atoms. The molecule has 0 aliphatic carbocycles. The molecule has 65 heavy (non-hydrogen) atoms. The maximum atomic E-state index is 14.7. The SMILES string of the molecule is C=CC(=O)N1CC[C@H](C(=O)N(C)C(C(=O)N[C@H]2Cc3cc(n(C)n3)-c3ccc4c(c3)c(c(-c3cccnc3[C@H](C)OC)n4CC)CC(C)(C)COC(=O)[C@@H]3CCCN(N3)C2=O)C(C)C)C1. The van der Waals surface area contributed by atoms with Crippen molar-refractivity contribution in [3.63, 3.8) is 0 Å². The maximum Gasteiger partial charge on any atom is 0.324 e. The molecule has 0 saturated carbocycles. The van der Waals surface area contributed by atoms with Gasteiger partial charge >= 0.3 is 5.97 Å². The Morgan fingerprint density at radius 1 is 1.12 bits per heavy atom. The number of aromatic nitrogens is 4. The van der Waals surface area contributed by atoms with Gasteiger partial charge in [-0.2, -0.15) is 5.10 Å². The molecule has 5 atom stereocenters. The summed E-state index contributed by atoms with van der Waals surface area (Å²) in [6.07, 6.45) is 4.83. The fraction of sp³-hybridized carbons (Fsp3) is 0.531. The second kappa shape index (κ2) is 19.3. The maximum absolute atomic E-state index is 14.7. The van der Waals surface area contributed by atoms with Gasteiger partial charge in [-0.3, -0.25) is 38.6 Å². The van der Waals surface area contributed by atoms with Gasteiger partial charge < -0.3 is 29.2 Å². The lowest BCUT2D eigenvalue weighted by molar-refractivity contribution is -0.155. The quantitative estimate of drug-likeness (QED) is 0.163. The average Bonchev–Trinajstić information content (AvgIpc) is 4.02. The van der Waals surface area contributed by atoms with E-state index in [1.165, 1.54) is 16.0 Å². The van der Waals surface area contributed by atoms with Gasteiger partial charge in [0.15, 0.2) is 0 Å². The molecule has 3 aliphatic rings. The lowest BCUT2D eigenvalue weighted by Gasteiger charge is -2.37. The van der Waals surface area contributed by atoms with Crippen molar-refractivity contribution in [1.82, 2.24) is 44.9 Å². The van der Waals surface area contributed by atoms with Crippen LogP contribution >= 0.6 is 0 Å². The van der Waals surface area contributed by atoms with Crippen LogP contribution in [0.25, 0.3) is 33.4 Å². The number of aryl methyl sites for hydroxylation is 2. The van der Waals surface area contributed by atoms with Crippen molar-refractivity contribution in [3.8, 4) is 22.5 Å². The van der Waals surface area contributed by atoms with Crippen LogP contribution < -0.4 is 10.7 Å². The van der Waals surface area contributed by atoms with Crippen LogP contribution in [0.1, 0.15) is 83.9 Å². The van der Waals surface area contributed by atoms with Gasteiger partial charge in [0, 0.05) is 87.4 Å². The van der Waals surface area contributed by atoms with Crippen LogP contribution in [0.4, 0.5) is 0 Å². The number of nitrogens with zero attached hydrogens (tertiary/aromatic N) is 7. The van der Waals surface area contributed by atoms with Gasteiger partial charge in [0.2, 0.25) is 17.7 Å². The lowest BCUT2D eigenvalue weighted by Crippen LogP contribution is -2.62. The number of likely N-dealkylation sites (tertiary alicyclic amines) is 1. The monoisotopic (exact) mass is 892 g/mol. The minimum absolute atomic E-state index is 0.0367. The molecule has 16 nitrogen and oxygen atoms in total. The van der Waals surface area contributed by atoms with Crippen LogP contribution in [0.5, 0.6) is 0 Å². The molecular formula is C49H65N9O7. The minimum Gasteiger partial charge on any atom is -0.464 e. The zero-order chi connectivity index (χ0) is 46.9. The van der Waals surface area contributed by atoms with Crippen LogP contribution in [0, 0.1) is 17.3 Å². The number of rotatable bonds is 10. The molecule has 1 aromatic carbocycles. The summed E-state index contributed by atoms with van der Waals surface area (Å²) in [6.45, 7) is 17.4. The van der Waals surface area contributed by atoms with Crippen LogP contribution in [-0.4, -0.2) is 122 Å². The van der Waals surface area contributed by atoms with Crippen molar-refractivity contribution in [2.75, 3.05) is 40.4 Å². The van der Waals surface area contributed by atoms with Crippen molar-refractivity contribution >= 4 is 40.5 Å². The molecular weight excluding hydrogens is 827 g/mol. The number of carbonyl (C=O) groups is 5. The Morgan fingerprint density at radius 2 is 1.89 bits per heavy atom. The summed E-state index contributed by atoms with van der Waals surface area (Å²) >= 11 is 0. The Kier molecular flexibility index (Phi) is 14.0. The summed E-state index contributed by atoms with van der Waals surface area (Å²) in [7, 11) is 5.14. The second-order valence-corrected chi connectivity index (χ2v) is 18.9. The molecule has 2 saturated heterocycles. The molecule has 2 N–H and O–H groups in total. The Balaban J connectivity index is 1.29. The first-order valence-electron chi connectivity index (χ1n) is 22.9. The number of benzene rings is 1. The first-order chi connectivity index (χ1) is 31.0. The van der Waals surface area contributed by atoms with Crippen LogP contribution in [0.2, 0.25) is 0 Å². The highest BCUT2D eigenvalue weighted by molar-refractivity contribution is 5.96. The van der Waals surface area contributed by atoms with E-state index in [9.17, 15) is 24.0 Å². The van der Waals surface area contributed by atoms with Gasteiger partial charge in [-0.25, -0.2) is 5.43 Å². The van der Waals surface area contributed by atoms with E-state index >= 15 is 0 Å². The van der Waals surface area contributed by atoms with E-state index in [0.717, 1.165) is 44.7 Å². The first-order valence-corrected chi connectivity index (χ1v) is 22.9. The molecule has 1 unspecified atom stereocenters. The normalized spacial score (nSPS) is 21.2. The summed E-state index contributed by atoms with van der Waals surface area (Å²) in [5.74, 6) is -2.68. The van der Waals surface area contributed by atoms with Gasteiger partial charge in [0.1, 0.15) is 18.1 Å². The fourth-order valence-corrected chi connectivity index (χ4v) is 9.86.